The molecule has 16 heavy (non-hydrogen) atoms. The lowest BCUT2D eigenvalue weighted by molar-refractivity contribution is 0.0689. The van der Waals surface area contributed by atoms with Crippen molar-refractivity contribution >= 4 is 12.3 Å². The van der Waals surface area contributed by atoms with Crippen LogP contribution >= 0.6 is 0 Å². The van der Waals surface area contributed by atoms with Gasteiger partial charge >= 0.3 is 5.97 Å². The number of carbonyl (C=O) groups is 2. The molecule has 2 rings (SSSR count). The summed E-state index contributed by atoms with van der Waals surface area (Å²) in [4.78, 5) is 21.1. The fraction of sp³-hybridized carbons (Fsp3) is 0.100. The van der Waals surface area contributed by atoms with Crippen LogP contribution in [0.2, 0.25) is 0 Å². The lowest BCUT2D eigenvalue weighted by Gasteiger charge is -1.97. The van der Waals surface area contributed by atoms with Gasteiger partial charge in [0.05, 0.1) is 0 Å². The van der Waals surface area contributed by atoms with Crippen LogP contribution in [0.5, 0.6) is 0 Å². The number of aldehydes is 1. The van der Waals surface area contributed by atoms with Gasteiger partial charge in [0, 0.05) is 11.8 Å². The highest BCUT2D eigenvalue weighted by Gasteiger charge is 2.13. The maximum atomic E-state index is 10.7. The van der Waals surface area contributed by atoms with Gasteiger partial charge in [-0.2, -0.15) is 5.10 Å². The molecule has 0 radical (unpaired) electrons. The number of carbonyl (C=O) groups excluding carboxylic acids is 1. The number of rotatable bonds is 3. The summed E-state index contributed by atoms with van der Waals surface area (Å²) in [5.41, 5.74) is 0.547. The van der Waals surface area contributed by atoms with E-state index in [0.717, 1.165) is 0 Å². The molecule has 0 fully saturated rings. The first-order valence-corrected chi connectivity index (χ1v) is 4.47. The summed E-state index contributed by atoms with van der Waals surface area (Å²) in [6, 6.07) is 4.46. The van der Waals surface area contributed by atoms with Gasteiger partial charge in [-0.15, -0.1) is 0 Å². The molecule has 0 aliphatic heterocycles. The monoisotopic (exact) mass is 220 g/mol. The summed E-state index contributed by atoms with van der Waals surface area (Å²) >= 11 is 0. The highest BCUT2D eigenvalue weighted by Crippen LogP contribution is 2.14. The summed E-state index contributed by atoms with van der Waals surface area (Å²) in [5, 5.41) is 12.6. The molecule has 0 unspecified atom stereocenters. The molecule has 0 amide bonds. The Morgan fingerprint density at radius 3 is 2.81 bits per heavy atom. The number of carboxylic acid groups (broad SMARTS) is 1. The van der Waals surface area contributed by atoms with Gasteiger partial charge in [-0.25, -0.2) is 9.48 Å². The third-order valence-electron chi connectivity index (χ3n) is 2.04. The van der Waals surface area contributed by atoms with Crippen LogP contribution in [0.25, 0.3) is 5.88 Å². The first-order chi connectivity index (χ1) is 7.61. The summed E-state index contributed by atoms with van der Waals surface area (Å²) in [6.07, 6.45) is 0.570. The molecule has 2 heterocycles. The van der Waals surface area contributed by atoms with E-state index in [1.165, 1.54) is 16.8 Å². The largest absolute Gasteiger partial charge is 0.476 e. The van der Waals surface area contributed by atoms with Crippen molar-refractivity contribution in [1.29, 1.82) is 0 Å². The number of hydrogen-bond donors (Lipinski definition) is 1. The number of furan rings is 1. The molecule has 0 spiro atoms. The molecule has 2 aromatic rings. The number of aromatic carboxylic acids is 1. The van der Waals surface area contributed by atoms with Gasteiger partial charge in [0.1, 0.15) is 0 Å². The average Bonchev–Trinajstić information content (AvgIpc) is 2.83. The molecular weight excluding hydrogens is 212 g/mol. The van der Waals surface area contributed by atoms with E-state index >= 15 is 0 Å². The SMILES string of the molecule is Cc1cc(C(=O)O)nn1-c1ccc(C=O)o1. The minimum Gasteiger partial charge on any atom is -0.476 e. The number of aromatic nitrogens is 2. The Kier molecular flexibility index (Phi) is 2.32. The number of carboxylic acids is 1. The molecule has 0 saturated heterocycles. The summed E-state index contributed by atoms with van der Waals surface area (Å²) in [7, 11) is 0. The van der Waals surface area contributed by atoms with E-state index in [1.807, 2.05) is 0 Å². The fourth-order valence-electron chi connectivity index (χ4n) is 1.32. The quantitative estimate of drug-likeness (QED) is 0.787. The normalized spacial score (nSPS) is 10.3. The van der Waals surface area contributed by atoms with Crippen molar-refractivity contribution in [1.82, 2.24) is 9.78 Å². The van der Waals surface area contributed by atoms with Crippen molar-refractivity contribution in [3.05, 3.63) is 35.3 Å². The van der Waals surface area contributed by atoms with E-state index in [0.29, 0.717) is 17.9 Å². The maximum absolute atomic E-state index is 10.7. The molecule has 0 bridgehead atoms. The van der Waals surface area contributed by atoms with E-state index in [-0.39, 0.29) is 11.5 Å². The van der Waals surface area contributed by atoms with Crippen molar-refractivity contribution in [3.63, 3.8) is 0 Å². The summed E-state index contributed by atoms with van der Waals surface area (Å²) < 4.78 is 6.46. The van der Waals surface area contributed by atoms with Crippen LogP contribution in [0.15, 0.2) is 22.6 Å². The maximum Gasteiger partial charge on any atom is 0.356 e. The second-order valence-electron chi connectivity index (χ2n) is 3.18. The van der Waals surface area contributed by atoms with Gasteiger partial charge in [-0.3, -0.25) is 4.79 Å². The molecule has 0 atom stereocenters. The molecule has 0 aromatic carbocycles. The van der Waals surface area contributed by atoms with Gasteiger partial charge in [0.15, 0.2) is 17.7 Å². The van der Waals surface area contributed by atoms with E-state index < -0.39 is 5.97 Å². The topological polar surface area (TPSA) is 85.3 Å². The molecule has 6 nitrogen and oxygen atoms in total. The van der Waals surface area contributed by atoms with Gasteiger partial charge in [-0.05, 0) is 19.1 Å². The van der Waals surface area contributed by atoms with Gasteiger partial charge < -0.3 is 9.52 Å². The smallest absolute Gasteiger partial charge is 0.356 e. The highest BCUT2D eigenvalue weighted by molar-refractivity contribution is 5.85. The number of hydrogen-bond acceptors (Lipinski definition) is 4. The van der Waals surface area contributed by atoms with Crippen LogP contribution in [0.3, 0.4) is 0 Å². The Morgan fingerprint density at radius 2 is 2.31 bits per heavy atom. The third kappa shape index (κ3) is 1.60. The molecule has 0 aliphatic carbocycles. The van der Waals surface area contributed by atoms with Gasteiger partial charge in [0.2, 0.25) is 5.88 Å². The number of nitrogens with zero attached hydrogens (tertiary/aromatic N) is 2. The van der Waals surface area contributed by atoms with Crippen LogP contribution in [0, 0.1) is 6.92 Å². The first kappa shape index (κ1) is 10.2. The minimum atomic E-state index is -1.11. The molecular formula is C10H8N2O4. The Hall–Kier alpha value is -2.37. The zero-order chi connectivity index (χ0) is 11.7. The average molecular weight is 220 g/mol. The third-order valence-corrected chi connectivity index (χ3v) is 2.04. The van der Waals surface area contributed by atoms with Crippen LogP contribution in [0.4, 0.5) is 0 Å². The molecule has 82 valence electrons. The molecule has 6 heteroatoms. The second-order valence-corrected chi connectivity index (χ2v) is 3.18. The van der Waals surface area contributed by atoms with Gasteiger partial charge in [0.25, 0.3) is 0 Å². The highest BCUT2D eigenvalue weighted by atomic mass is 16.4. The van der Waals surface area contributed by atoms with Crippen molar-refractivity contribution in [2.24, 2.45) is 0 Å². The predicted octanol–water partition coefficient (Wildman–Crippen LogP) is 1.28. The molecule has 1 N–H and O–H groups in total. The van der Waals surface area contributed by atoms with Crippen molar-refractivity contribution in [2.45, 2.75) is 6.92 Å². The first-order valence-electron chi connectivity index (χ1n) is 4.47. The molecule has 0 saturated carbocycles. The van der Waals surface area contributed by atoms with Gasteiger partial charge in [-0.1, -0.05) is 0 Å². The lowest BCUT2D eigenvalue weighted by Crippen LogP contribution is -2.01. The van der Waals surface area contributed by atoms with Crippen LogP contribution in [-0.4, -0.2) is 27.1 Å². The van der Waals surface area contributed by atoms with E-state index in [9.17, 15) is 9.59 Å². The predicted molar refractivity (Wildman–Crippen MR) is 52.9 cm³/mol. The second kappa shape index (κ2) is 3.65. The van der Waals surface area contributed by atoms with Crippen molar-refractivity contribution in [2.75, 3.05) is 0 Å². The van der Waals surface area contributed by atoms with Crippen LogP contribution in [0.1, 0.15) is 26.7 Å². The fourth-order valence-corrected chi connectivity index (χ4v) is 1.32. The Balaban J connectivity index is 2.47. The summed E-state index contributed by atoms with van der Waals surface area (Å²) in [6.45, 7) is 1.70. The molecule has 2 aromatic heterocycles. The van der Waals surface area contributed by atoms with Crippen molar-refractivity contribution < 1.29 is 19.1 Å². The van der Waals surface area contributed by atoms with E-state index in [2.05, 4.69) is 5.10 Å². The Morgan fingerprint density at radius 1 is 1.56 bits per heavy atom. The van der Waals surface area contributed by atoms with Crippen LogP contribution < -0.4 is 0 Å². The van der Waals surface area contributed by atoms with Crippen LogP contribution in [-0.2, 0) is 0 Å². The Bertz CT molecular complexity index is 553. The van der Waals surface area contributed by atoms with E-state index in [4.69, 9.17) is 9.52 Å². The zero-order valence-corrected chi connectivity index (χ0v) is 8.38. The zero-order valence-electron chi connectivity index (χ0n) is 8.38. The standard InChI is InChI=1S/C10H8N2O4/c1-6-4-8(10(14)15)11-12(6)9-3-2-7(5-13)16-9/h2-5H,1H3,(H,14,15). The van der Waals surface area contributed by atoms with E-state index in [1.54, 1.807) is 13.0 Å². The van der Waals surface area contributed by atoms with Crippen molar-refractivity contribution in [3.8, 4) is 5.88 Å². The minimum absolute atomic E-state index is 0.0680. The number of aryl methyl sites for hydroxylation is 1. The Labute approximate surface area is 90.1 Å². The molecule has 0 aliphatic rings. The lowest BCUT2D eigenvalue weighted by atomic mass is 10.4. The summed E-state index contributed by atoms with van der Waals surface area (Å²) in [5.74, 6) is -0.627.